The summed E-state index contributed by atoms with van der Waals surface area (Å²) in [5.41, 5.74) is 0.690. The molecule has 2 heterocycles. The van der Waals surface area contributed by atoms with Crippen molar-refractivity contribution in [2.75, 3.05) is 32.0 Å². The van der Waals surface area contributed by atoms with E-state index in [2.05, 4.69) is 5.32 Å². The predicted molar refractivity (Wildman–Crippen MR) is 101 cm³/mol. The van der Waals surface area contributed by atoms with Crippen LogP contribution in [0.1, 0.15) is 19.1 Å². The molecule has 1 aromatic heterocycles. The Balaban J connectivity index is 1.46. The Morgan fingerprint density at radius 1 is 1.33 bits per heavy atom. The van der Waals surface area contributed by atoms with E-state index in [1.165, 1.54) is 0 Å². The van der Waals surface area contributed by atoms with Crippen LogP contribution in [0.15, 0.2) is 47.1 Å². The predicted octanol–water partition coefficient (Wildman–Crippen LogP) is 3.19. The average Bonchev–Trinajstić information content (AvgIpc) is 3.30. The quantitative estimate of drug-likeness (QED) is 0.811. The van der Waals surface area contributed by atoms with Gasteiger partial charge in [-0.25, -0.2) is 4.79 Å². The molecule has 1 aromatic carbocycles. The van der Waals surface area contributed by atoms with E-state index in [0.717, 1.165) is 12.3 Å². The minimum atomic E-state index is -0.193. The zero-order valence-corrected chi connectivity index (χ0v) is 15.7. The smallest absolute Gasteiger partial charge is 0.321 e. The van der Waals surface area contributed by atoms with E-state index in [9.17, 15) is 9.59 Å². The molecule has 0 radical (unpaired) electrons. The monoisotopic (exact) mass is 371 g/mol. The van der Waals surface area contributed by atoms with Gasteiger partial charge >= 0.3 is 6.03 Å². The van der Waals surface area contributed by atoms with E-state index < -0.39 is 0 Å². The molecule has 3 amide bonds. The Bertz CT molecular complexity index is 758. The van der Waals surface area contributed by atoms with Crippen molar-refractivity contribution in [3.63, 3.8) is 0 Å². The van der Waals surface area contributed by atoms with Crippen molar-refractivity contribution >= 4 is 17.6 Å². The van der Waals surface area contributed by atoms with Gasteiger partial charge in [-0.05, 0) is 43.3 Å². The van der Waals surface area contributed by atoms with Crippen molar-refractivity contribution in [2.45, 2.75) is 20.0 Å². The third-order valence-electron chi connectivity index (χ3n) is 4.62. The minimum Gasteiger partial charge on any atom is -0.486 e. The maximum atomic E-state index is 12.4. The first-order valence-electron chi connectivity index (χ1n) is 9.10. The van der Waals surface area contributed by atoms with Crippen LogP contribution in [0.25, 0.3) is 0 Å². The van der Waals surface area contributed by atoms with Gasteiger partial charge in [-0.2, -0.15) is 0 Å². The Hall–Kier alpha value is -2.96. The number of likely N-dealkylation sites (tertiary alicyclic amines) is 1. The van der Waals surface area contributed by atoms with Gasteiger partial charge in [0.2, 0.25) is 5.91 Å². The van der Waals surface area contributed by atoms with E-state index in [0.29, 0.717) is 37.6 Å². The molecule has 1 fully saturated rings. The largest absolute Gasteiger partial charge is 0.486 e. The molecular formula is C20H25N3O4. The highest BCUT2D eigenvalue weighted by atomic mass is 16.5. The summed E-state index contributed by atoms with van der Waals surface area (Å²) in [7, 11) is 1.75. The molecule has 1 aliphatic rings. The number of hydrogen-bond acceptors (Lipinski definition) is 4. The Kier molecular flexibility index (Phi) is 6.01. The molecule has 1 saturated heterocycles. The molecule has 0 bridgehead atoms. The lowest BCUT2D eigenvalue weighted by Gasteiger charge is -2.21. The van der Waals surface area contributed by atoms with Gasteiger partial charge in [0.15, 0.2) is 0 Å². The van der Waals surface area contributed by atoms with Gasteiger partial charge in [-0.1, -0.05) is 0 Å². The number of furan rings is 1. The normalized spacial score (nSPS) is 16.4. The van der Waals surface area contributed by atoms with Crippen molar-refractivity contribution in [1.29, 1.82) is 0 Å². The fraction of sp³-hybridized carbons (Fsp3) is 0.400. The Labute approximate surface area is 158 Å². The van der Waals surface area contributed by atoms with Gasteiger partial charge in [0, 0.05) is 44.7 Å². The first-order valence-corrected chi connectivity index (χ1v) is 9.10. The van der Waals surface area contributed by atoms with Gasteiger partial charge < -0.3 is 24.3 Å². The molecule has 0 saturated carbocycles. The molecule has 0 spiro atoms. The van der Waals surface area contributed by atoms with Crippen LogP contribution in [-0.2, 0) is 11.4 Å². The summed E-state index contributed by atoms with van der Waals surface area (Å²) in [6, 6.07) is 10.7. The van der Waals surface area contributed by atoms with Crippen LogP contribution in [0, 0.1) is 5.92 Å². The van der Waals surface area contributed by atoms with Crippen molar-refractivity contribution in [1.82, 2.24) is 9.80 Å². The third kappa shape index (κ3) is 5.03. The highest BCUT2D eigenvalue weighted by Crippen LogP contribution is 2.20. The van der Waals surface area contributed by atoms with Crippen LogP contribution >= 0.6 is 0 Å². The van der Waals surface area contributed by atoms with Crippen molar-refractivity contribution in [3.05, 3.63) is 48.4 Å². The van der Waals surface area contributed by atoms with Gasteiger partial charge in [0.05, 0.1) is 6.26 Å². The fourth-order valence-electron chi connectivity index (χ4n) is 3.15. The zero-order valence-electron chi connectivity index (χ0n) is 15.7. The standard InChI is InChI=1S/C20H25N3O4/c1-3-23-13-15(11-19(23)24)12-22(2)20(25)21-16-6-8-17(9-7-16)27-14-18-5-4-10-26-18/h4-10,15H,3,11-14H2,1-2H3,(H,21,25). The van der Waals surface area contributed by atoms with Crippen LogP contribution in [-0.4, -0.2) is 48.4 Å². The van der Waals surface area contributed by atoms with Gasteiger partial charge in [0.1, 0.15) is 18.1 Å². The number of benzene rings is 1. The van der Waals surface area contributed by atoms with Crippen molar-refractivity contribution in [3.8, 4) is 5.75 Å². The molecule has 7 nitrogen and oxygen atoms in total. The Morgan fingerprint density at radius 2 is 2.11 bits per heavy atom. The number of nitrogens with zero attached hydrogens (tertiary/aromatic N) is 2. The van der Waals surface area contributed by atoms with E-state index in [1.807, 2.05) is 24.0 Å². The van der Waals surface area contributed by atoms with E-state index in [-0.39, 0.29) is 17.9 Å². The maximum absolute atomic E-state index is 12.4. The van der Waals surface area contributed by atoms with Crippen LogP contribution in [0.4, 0.5) is 10.5 Å². The number of rotatable bonds is 7. The molecule has 7 heteroatoms. The summed E-state index contributed by atoms with van der Waals surface area (Å²) in [5, 5.41) is 2.86. The molecule has 144 valence electrons. The van der Waals surface area contributed by atoms with Crippen LogP contribution < -0.4 is 10.1 Å². The molecule has 1 N–H and O–H groups in total. The third-order valence-corrected chi connectivity index (χ3v) is 4.62. The summed E-state index contributed by atoms with van der Waals surface area (Å²) in [5.74, 6) is 1.80. The lowest BCUT2D eigenvalue weighted by Crippen LogP contribution is -2.36. The fourth-order valence-corrected chi connectivity index (χ4v) is 3.15. The molecule has 1 atom stereocenters. The second kappa shape index (κ2) is 8.62. The van der Waals surface area contributed by atoms with E-state index >= 15 is 0 Å². The van der Waals surface area contributed by atoms with Gasteiger partial charge in [-0.15, -0.1) is 0 Å². The topological polar surface area (TPSA) is 75.0 Å². The van der Waals surface area contributed by atoms with Crippen LogP contribution in [0.3, 0.4) is 0 Å². The van der Waals surface area contributed by atoms with Gasteiger partial charge in [-0.3, -0.25) is 4.79 Å². The number of carbonyl (C=O) groups is 2. The Morgan fingerprint density at radius 3 is 2.74 bits per heavy atom. The number of urea groups is 1. The highest BCUT2D eigenvalue weighted by Gasteiger charge is 2.29. The number of nitrogens with one attached hydrogen (secondary N) is 1. The molecule has 27 heavy (non-hydrogen) atoms. The molecule has 2 aromatic rings. The van der Waals surface area contributed by atoms with Crippen molar-refractivity contribution in [2.24, 2.45) is 5.92 Å². The number of hydrogen-bond donors (Lipinski definition) is 1. The molecule has 1 aliphatic heterocycles. The number of anilines is 1. The number of amides is 3. The lowest BCUT2D eigenvalue weighted by atomic mass is 10.1. The molecule has 1 unspecified atom stereocenters. The summed E-state index contributed by atoms with van der Waals surface area (Å²) < 4.78 is 10.8. The summed E-state index contributed by atoms with van der Waals surface area (Å²) >= 11 is 0. The second-order valence-electron chi connectivity index (χ2n) is 6.71. The lowest BCUT2D eigenvalue weighted by molar-refractivity contribution is -0.127. The van der Waals surface area contributed by atoms with E-state index in [1.54, 1.807) is 42.5 Å². The maximum Gasteiger partial charge on any atom is 0.321 e. The van der Waals surface area contributed by atoms with Gasteiger partial charge in [0.25, 0.3) is 0 Å². The number of carbonyl (C=O) groups excluding carboxylic acids is 2. The summed E-state index contributed by atoms with van der Waals surface area (Å²) in [6.07, 6.45) is 2.11. The number of ether oxygens (including phenoxy) is 1. The van der Waals surface area contributed by atoms with E-state index in [4.69, 9.17) is 9.15 Å². The molecular weight excluding hydrogens is 346 g/mol. The molecule has 3 rings (SSSR count). The zero-order chi connectivity index (χ0) is 19.2. The SMILES string of the molecule is CCN1CC(CN(C)C(=O)Nc2ccc(OCc3ccco3)cc2)CC1=O. The second-order valence-corrected chi connectivity index (χ2v) is 6.71. The summed E-state index contributed by atoms with van der Waals surface area (Å²) in [6.45, 7) is 4.32. The average molecular weight is 371 g/mol. The first kappa shape index (κ1) is 18.8. The molecule has 0 aliphatic carbocycles. The first-order chi connectivity index (χ1) is 13.0. The van der Waals surface area contributed by atoms with Crippen LogP contribution in [0.2, 0.25) is 0 Å². The van der Waals surface area contributed by atoms with Crippen LogP contribution in [0.5, 0.6) is 5.75 Å². The minimum absolute atomic E-state index is 0.168. The van der Waals surface area contributed by atoms with Crippen molar-refractivity contribution < 1.29 is 18.7 Å². The summed E-state index contributed by atoms with van der Waals surface area (Å²) in [4.78, 5) is 27.6. The highest BCUT2D eigenvalue weighted by molar-refractivity contribution is 5.89.